The Morgan fingerprint density at radius 3 is 2.88 bits per heavy atom. The van der Waals surface area contributed by atoms with Crippen LogP contribution >= 0.6 is 0 Å². The Morgan fingerprint density at radius 2 is 2.24 bits per heavy atom. The molecule has 4 nitrogen and oxygen atoms in total. The van der Waals surface area contributed by atoms with Crippen molar-refractivity contribution in [2.24, 2.45) is 0 Å². The number of aryl methyl sites for hydroxylation is 1. The van der Waals surface area contributed by atoms with Gasteiger partial charge in [0.1, 0.15) is 0 Å². The summed E-state index contributed by atoms with van der Waals surface area (Å²) in [4.78, 5) is 9.20. The molecular weight excluding hydrogens is 212 g/mol. The molecule has 0 bridgehead atoms. The molecule has 0 radical (unpaired) electrons. The molecule has 17 heavy (non-hydrogen) atoms. The van der Waals surface area contributed by atoms with Crippen molar-refractivity contribution in [1.82, 2.24) is 9.88 Å². The number of piperazine rings is 1. The van der Waals surface area contributed by atoms with E-state index in [2.05, 4.69) is 28.8 Å². The molecule has 1 atom stereocenters. The molecule has 1 unspecified atom stereocenters. The zero-order chi connectivity index (χ0) is 12.4. The summed E-state index contributed by atoms with van der Waals surface area (Å²) in [5, 5.41) is 0. The van der Waals surface area contributed by atoms with Gasteiger partial charge in [-0.1, -0.05) is 6.92 Å². The number of nitrogens with zero attached hydrogens (tertiary/aromatic N) is 3. The van der Waals surface area contributed by atoms with E-state index in [-0.39, 0.29) is 0 Å². The average Bonchev–Trinajstić information content (AvgIpc) is 2.30. The van der Waals surface area contributed by atoms with Gasteiger partial charge in [0.2, 0.25) is 0 Å². The Morgan fingerprint density at radius 1 is 1.47 bits per heavy atom. The zero-order valence-electron chi connectivity index (χ0n) is 11.0. The minimum Gasteiger partial charge on any atom is -0.396 e. The van der Waals surface area contributed by atoms with Crippen LogP contribution in [0, 0.1) is 6.92 Å². The summed E-state index contributed by atoms with van der Waals surface area (Å²) in [5.41, 5.74) is 7.97. The van der Waals surface area contributed by atoms with Crippen LogP contribution in [0.5, 0.6) is 0 Å². The second-order valence-corrected chi connectivity index (χ2v) is 4.91. The van der Waals surface area contributed by atoms with Gasteiger partial charge in [-0.15, -0.1) is 0 Å². The summed E-state index contributed by atoms with van der Waals surface area (Å²) in [7, 11) is 2.19. The average molecular weight is 234 g/mol. The van der Waals surface area contributed by atoms with Crippen LogP contribution in [-0.4, -0.2) is 42.6 Å². The maximum absolute atomic E-state index is 6.06. The molecule has 0 spiro atoms. The van der Waals surface area contributed by atoms with Crippen LogP contribution in [0.1, 0.15) is 18.9 Å². The van der Waals surface area contributed by atoms with Crippen LogP contribution in [0.15, 0.2) is 12.3 Å². The SMILES string of the molecule is CCC1CN(c2ncc(C)cc2N)CCN1C. The molecule has 2 heterocycles. The number of likely N-dealkylation sites (N-methyl/N-ethyl adjacent to an activating group) is 1. The van der Waals surface area contributed by atoms with E-state index in [1.165, 1.54) is 6.42 Å². The molecule has 2 N–H and O–H groups in total. The van der Waals surface area contributed by atoms with Gasteiger partial charge in [-0.05, 0) is 32.0 Å². The second-order valence-electron chi connectivity index (χ2n) is 4.91. The number of rotatable bonds is 2. The van der Waals surface area contributed by atoms with Crippen molar-refractivity contribution in [1.29, 1.82) is 0 Å². The Labute approximate surface area is 103 Å². The molecule has 0 aromatic carbocycles. The van der Waals surface area contributed by atoms with Crippen LogP contribution < -0.4 is 10.6 Å². The van der Waals surface area contributed by atoms with Gasteiger partial charge in [0, 0.05) is 31.9 Å². The van der Waals surface area contributed by atoms with Gasteiger partial charge in [0.15, 0.2) is 5.82 Å². The number of nitrogen functional groups attached to an aromatic ring is 1. The maximum atomic E-state index is 6.06. The normalized spacial score (nSPS) is 21.8. The third-order valence-electron chi connectivity index (χ3n) is 3.58. The molecule has 0 aliphatic carbocycles. The van der Waals surface area contributed by atoms with Crippen molar-refractivity contribution in [2.45, 2.75) is 26.3 Å². The lowest BCUT2D eigenvalue weighted by Gasteiger charge is -2.40. The molecule has 2 rings (SSSR count). The Kier molecular flexibility index (Phi) is 3.52. The first-order valence-electron chi connectivity index (χ1n) is 6.29. The molecule has 1 fully saturated rings. The first kappa shape index (κ1) is 12.2. The van der Waals surface area contributed by atoms with E-state index in [1.807, 2.05) is 19.2 Å². The highest BCUT2D eigenvalue weighted by molar-refractivity contribution is 5.63. The van der Waals surface area contributed by atoms with Crippen LogP contribution in [0.25, 0.3) is 0 Å². The molecular formula is C13H22N4. The monoisotopic (exact) mass is 234 g/mol. The number of hydrogen-bond acceptors (Lipinski definition) is 4. The minimum absolute atomic E-state index is 0.603. The second kappa shape index (κ2) is 4.92. The van der Waals surface area contributed by atoms with E-state index >= 15 is 0 Å². The highest BCUT2D eigenvalue weighted by Crippen LogP contribution is 2.24. The fourth-order valence-corrected chi connectivity index (χ4v) is 2.43. The van der Waals surface area contributed by atoms with Crippen LogP contribution in [0.4, 0.5) is 11.5 Å². The van der Waals surface area contributed by atoms with Gasteiger partial charge in [-0.3, -0.25) is 4.90 Å². The van der Waals surface area contributed by atoms with Gasteiger partial charge in [-0.25, -0.2) is 4.98 Å². The van der Waals surface area contributed by atoms with E-state index in [0.717, 1.165) is 36.7 Å². The summed E-state index contributed by atoms with van der Waals surface area (Å²) in [6, 6.07) is 2.60. The highest BCUT2D eigenvalue weighted by atomic mass is 15.3. The molecule has 94 valence electrons. The summed E-state index contributed by atoms with van der Waals surface area (Å²) >= 11 is 0. The van der Waals surface area contributed by atoms with Crippen molar-refractivity contribution in [3.05, 3.63) is 17.8 Å². The molecule has 4 heteroatoms. The lowest BCUT2D eigenvalue weighted by atomic mass is 10.1. The first-order chi connectivity index (χ1) is 8.11. The third-order valence-corrected chi connectivity index (χ3v) is 3.58. The van der Waals surface area contributed by atoms with Gasteiger partial charge in [0.05, 0.1) is 5.69 Å². The minimum atomic E-state index is 0.603. The molecule has 0 amide bonds. The molecule has 1 saturated heterocycles. The lowest BCUT2D eigenvalue weighted by Crippen LogP contribution is -2.51. The van der Waals surface area contributed by atoms with E-state index in [0.29, 0.717) is 6.04 Å². The van der Waals surface area contributed by atoms with E-state index < -0.39 is 0 Å². The maximum Gasteiger partial charge on any atom is 0.151 e. The number of aromatic nitrogens is 1. The largest absolute Gasteiger partial charge is 0.396 e. The summed E-state index contributed by atoms with van der Waals surface area (Å²) in [6.07, 6.45) is 3.06. The van der Waals surface area contributed by atoms with E-state index in [4.69, 9.17) is 5.73 Å². The van der Waals surface area contributed by atoms with Crippen molar-refractivity contribution in [2.75, 3.05) is 37.3 Å². The van der Waals surface area contributed by atoms with E-state index in [9.17, 15) is 0 Å². The van der Waals surface area contributed by atoms with Gasteiger partial charge >= 0.3 is 0 Å². The molecule has 0 saturated carbocycles. The standard InChI is InChI=1S/C13H22N4/c1-4-11-9-17(6-5-16(11)3)13-12(14)7-10(2)8-15-13/h7-8,11H,4-6,9,14H2,1-3H3. The van der Waals surface area contributed by atoms with Crippen LogP contribution in [0.2, 0.25) is 0 Å². The number of pyridine rings is 1. The number of hydrogen-bond donors (Lipinski definition) is 1. The molecule has 1 aromatic heterocycles. The zero-order valence-corrected chi connectivity index (χ0v) is 11.0. The van der Waals surface area contributed by atoms with Crippen LogP contribution in [0.3, 0.4) is 0 Å². The number of anilines is 2. The highest BCUT2D eigenvalue weighted by Gasteiger charge is 2.24. The van der Waals surface area contributed by atoms with Gasteiger partial charge < -0.3 is 10.6 Å². The smallest absolute Gasteiger partial charge is 0.151 e. The van der Waals surface area contributed by atoms with Gasteiger partial charge in [0.25, 0.3) is 0 Å². The Balaban J connectivity index is 2.17. The Bertz CT molecular complexity index is 391. The fraction of sp³-hybridized carbons (Fsp3) is 0.615. The fourth-order valence-electron chi connectivity index (χ4n) is 2.43. The van der Waals surface area contributed by atoms with Crippen LogP contribution in [-0.2, 0) is 0 Å². The molecule has 1 aromatic rings. The Hall–Kier alpha value is -1.29. The first-order valence-corrected chi connectivity index (χ1v) is 6.29. The lowest BCUT2D eigenvalue weighted by molar-refractivity contribution is 0.213. The summed E-state index contributed by atoms with van der Waals surface area (Å²) < 4.78 is 0. The third kappa shape index (κ3) is 2.52. The van der Waals surface area contributed by atoms with Crippen molar-refractivity contribution in [3.63, 3.8) is 0 Å². The van der Waals surface area contributed by atoms with Crippen molar-refractivity contribution < 1.29 is 0 Å². The molecule has 1 aliphatic heterocycles. The van der Waals surface area contributed by atoms with Gasteiger partial charge in [-0.2, -0.15) is 0 Å². The van der Waals surface area contributed by atoms with Crippen molar-refractivity contribution >= 4 is 11.5 Å². The summed E-state index contributed by atoms with van der Waals surface area (Å²) in [5.74, 6) is 0.946. The topological polar surface area (TPSA) is 45.4 Å². The predicted octanol–water partition coefficient (Wildman–Crippen LogP) is 1.50. The van der Waals surface area contributed by atoms with E-state index in [1.54, 1.807) is 0 Å². The predicted molar refractivity (Wildman–Crippen MR) is 72.3 cm³/mol. The quantitative estimate of drug-likeness (QED) is 0.842. The van der Waals surface area contributed by atoms with Crippen molar-refractivity contribution in [3.8, 4) is 0 Å². The number of nitrogens with two attached hydrogens (primary N) is 1. The summed E-state index contributed by atoms with van der Waals surface area (Å²) in [6.45, 7) is 7.36. The molecule has 1 aliphatic rings.